The Kier molecular flexibility index (Phi) is 4.56. The molecule has 110 valence electrons. The number of aryl methyl sites for hydroxylation is 1. The van der Waals surface area contributed by atoms with Crippen LogP contribution < -0.4 is 5.32 Å². The van der Waals surface area contributed by atoms with Crippen LogP contribution >= 0.6 is 11.3 Å². The Bertz CT molecular complexity index is 505. The van der Waals surface area contributed by atoms with Crippen LogP contribution in [0.15, 0.2) is 6.20 Å². The Morgan fingerprint density at radius 3 is 3.00 bits per heavy atom. The SMILES string of the molecule is Cc1cnc(C(C)NC(=O)N2CCOC(C(=O)O)C2)s1. The third-order valence-corrected chi connectivity index (χ3v) is 4.07. The van der Waals surface area contributed by atoms with E-state index in [4.69, 9.17) is 9.84 Å². The number of thiazole rings is 1. The van der Waals surface area contributed by atoms with Crippen LogP contribution in [-0.2, 0) is 9.53 Å². The first-order valence-electron chi connectivity index (χ1n) is 6.29. The van der Waals surface area contributed by atoms with Crippen LogP contribution in [-0.4, -0.2) is 52.8 Å². The summed E-state index contributed by atoms with van der Waals surface area (Å²) < 4.78 is 5.08. The number of rotatable bonds is 3. The summed E-state index contributed by atoms with van der Waals surface area (Å²) in [4.78, 5) is 29.7. The monoisotopic (exact) mass is 299 g/mol. The number of carboxylic acids is 1. The number of aromatic nitrogens is 1. The predicted molar refractivity (Wildman–Crippen MR) is 72.7 cm³/mol. The number of urea groups is 1. The van der Waals surface area contributed by atoms with Gasteiger partial charge in [-0.2, -0.15) is 0 Å². The lowest BCUT2D eigenvalue weighted by Gasteiger charge is -2.31. The molecule has 0 aromatic carbocycles. The third kappa shape index (κ3) is 3.45. The second-order valence-electron chi connectivity index (χ2n) is 4.62. The minimum atomic E-state index is -1.05. The highest BCUT2D eigenvalue weighted by atomic mass is 32.1. The van der Waals surface area contributed by atoms with E-state index in [0.717, 1.165) is 9.88 Å². The van der Waals surface area contributed by atoms with Crippen LogP contribution in [0.4, 0.5) is 4.79 Å². The smallest absolute Gasteiger partial charge is 0.334 e. The molecule has 1 fully saturated rings. The molecule has 1 aliphatic rings. The van der Waals surface area contributed by atoms with E-state index in [1.165, 1.54) is 16.2 Å². The average molecular weight is 299 g/mol. The van der Waals surface area contributed by atoms with E-state index in [9.17, 15) is 9.59 Å². The molecule has 1 aromatic rings. The zero-order valence-electron chi connectivity index (χ0n) is 11.3. The lowest BCUT2D eigenvalue weighted by molar-refractivity contribution is -0.154. The molecule has 2 atom stereocenters. The summed E-state index contributed by atoms with van der Waals surface area (Å²) in [6.07, 6.45) is 0.810. The predicted octanol–water partition coefficient (Wildman–Crippen LogP) is 1.01. The number of nitrogens with zero attached hydrogens (tertiary/aromatic N) is 2. The highest BCUT2D eigenvalue weighted by Gasteiger charge is 2.29. The van der Waals surface area contributed by atoms with Crippen molar-refractivity contribution in [3.8, 4) is 0 Å². The highest BCUT2D eigenvalue weighted by molar-refractivity contribution is 7.11. The molecule has 1 aromatic heterocycles. The average Bonchev–Trinajstić information content (AvgIpc) is 2.85. The summed E-state index contributed by atoms with van der Waals surface area (Å²) in [6, 6.07) is -0.493. The quantitative estimate of drug-likeness (QED) is 0.869. The minimum Gasteiger partial charge on any atom is -0.479 e. The molecule has 2 rings (SSSR count). The number of morpholine rings is 1. The van der Waals surface area contributed by atoms with Gasteiger partial charge in [-0.3, -0.25) is 0 Å². The number of carbonyl (C=O) groups excluding carboxylic acids is 1. The first-order valence-corrected chi connectivity index (χ1v) is 7.11. The summed E-state index contributed by atoms with van der Waals surface area (Å²) in [6.45, 7) is 4.49. The Balaban J connectivity index is 1.92. The molecule has 2 unspecified atom stereocenters. The molecule has 8 heteroatoms. The minimum absolute atomic E-state index is 0.0603. The van der Waals surface area contributed by atoms with E-state index in [0.29, 0.717) is 6.54 Å². The molecule has 1 saturated heterocycles. The largest absolute Gasteiger partial charge is 0.479 e. The zero-order valence-corrected chi connectivity index (χ0v) is 12.1. The van der Waals surface area contributed by atoms with E-state index >= 15 is 0 Å². The lowest BCUT2D eigenvalue weighted by atomic mass is 10.3. The number of aliphatic carboxylic acids is 1. The van der Waals surface area contributed by atoms with Crippen LogP contribution in [0.25, 0.3) is 0 Å². The number of amides is 2. The number of hydrogen-bond donors (Lipinski definition) is 2. The fourth-order valence-electron chi connectivity index (χ4n) is 1.89. The van der Waals surface area contributed by atoms with E-state index in [2.05, 4.69) is 10.3 Å². The lowest BCUT2D eigenvalue weighted by Crippen LogP contribution is -2.52. The highest BCUT2D eigenvalue weighted by Crippen LogP contribution is 2.19. The Labute approximate surface area is 120 Å². The topological polar surface area (TPSA) is 91.8 Å². The number of carboxylic acid groups (broad SMARTS) is 1. The maximum atomic E-state index is 12.1. The van der Waals surface area contributed by atoms with Gasteiger partial charge in [0.05, 0.1) is 19.2 Å². The van der Waals surface area contributed by atoms with Crippen molar-refractivity contribution in [2.45, 2.75) is 26.0 Å². The zero-order chi connectivity index (χ0) is 14.7. The standard InChI is InChI=1S/C12H17N3O4S/c1-7-5-13-10(20-7)8(2)14-12(18)15-3-4-19-9(6-15)11(16)17/h5,8-9H,3-4,6H2,1-2H3,(H,14,18)(H,16,17). The summed E-state index contributed by atoms with van der Waals surface area (Å²) in [7, 11) is 0. The van der Waals surface area contributed by atoms with Gasteiger partial charge in [0, 0.05) is 17.6 Å². The molecule has 0 spiro atoms. The number of nitrogens with one attached hydrogen (secondary N) is 1. The van der Waals surface area contributed by atoms with Gasteiger partial charge in [0.2, 0.25) is 0 Å². The van der Waals surface area contributed by atoms with Crippen molar-refractivity contribution in [3.63, 3.8) is 0 Å². The van der Waals surface area contributed by atoms with Crippen LogP contribution in [0.5, 0.6) is 0 Å². The van der Waals surface area contributed by atoms with Crippen molar-refractivity contribution in [2.75, 3.05) is 19.7 Å². The molecule has 2 heterocycles. The molecule has 0 saturated carbocycles. The number of ether oxygens (including phenoxy) is 1. The summed E-state index contributed by atoms with van der Waals surface area (Å²) in [5.74, 6) is -1.05. The molecule has 2 N–H and O–H groups in total. The van der Waals surface area contributed by atoms with Crippen LogP contribution in [0.3, 0.4) is 0 Å². The molecular weight excluding hydrogens is 282 g/mol. The van der Waals surface area contributed by atoms with Crippen LogP contribution in [0.2, 0.25) is 0 Å². The van der Waals surface area contributed by atoms with Gasteiger partial charge in [-0.1, -0.05) is 0 Å². The van der Waals surface area contributed by atoms with Crippen molar-refractivity contribution in [2.24, 2.45) is 0 Å². The Morgan fingerprint density at radius 1 is 1.65 bits per heavy atom. The molecular formula is C12H17N3O4S. The van der Waals surface area contributed by atoms with E-state index in [-0.39, 0.29) is 25.2 Å². The summed E-state index contributed by atoms with van der Waals surface area (Å²) >= 11 is 1.53. The van der Waals surface area contributed by atoms with Crippen LogP contribution in [0, 0.1) is 6.92 Å². The molecule has 20 heavy (non-hydrogen) atoms. The van der Waals surface area contributed by atoms with Gasteiger partial charge in [-0.15, -0.1) is 11.3 Å². The van der Waals surface area contributed by atoms with Gasteiger partial charge in [0.25, 0.3) is 0 Å². The Hall–Kier alpha value is -1.67. The van der Waals surface area contributed by atoms with Crippen LogP contribution in [0.1, 0.15) is 22.9 Å². The van der Waals surface area contributed by atoms with E-state index in [1.807, 2.05) is 13.8 Å². The second kappa shape index (κ2) is 6.19. The maximum absolute atomic E-state index is 12.1. The normalized spacial score (nSPS) is 20.5. The molecule has 1 aliphatic heterocycles. The Morgan fingerprint density at radius 2 is 2.40 bits per heavy atom. The van der Waals surface area contributed by atoms with Gasteiger partial charge in [0.1, 0.15) is 5.01 Å². The molecule has 2 amide bonds. The third-order valence-electron chi connectivity index (χ3n) is 2.98. The van der Waals surface area contributed by atoms with Gasteiger partial charge in [0.15, 0.2) is 6.10 Å². The van der Waals surface area contributed by atoms with Gasteiger partial charge in [-0.25, -0.2) is 14.6 Å². The van der Waals surface area contributed by atoms with Crippen molar-refractivity contribution >= 4 is 23.3 Å². The van der Waals surface area contributed by atoms with Crippen molar-refractivity contribution in [3.05, 3.63) is 16.1 Å². The number of carbonyl (C=O) groups is 2. The molecule has 0 bridgehead atoms. The first-order chi connectivity index (χ1) is 9.47. The van der Waals surface area contributed by atoms with Gasteiger partial charge >= 0.3 is 12.0 Å². The van der Waals surface area contributed by atoms with Crippen molar-refractivity contribution in [1.82, 2.24) is 15.2 Å². The maximum Gasteiger partial charge on any atom is 0.334 e. The summed E-state index contributed by atoms with van der Waals surface area (Å²) in [5.41, 5.74) is 0. The van der Waals surface area contributed by atoms with E-state index in [1.54, 1.807) is 6.20 Å². The van der Waals surface area contributed by atoms with Gasteiger partial charge < -0.3 is 20.1 Å². The second-order valence-corrected chi connectivity index (χ2v) is 5.89. The fraction of sp³-hybridized carbons (Fsp3) is 0.583. The molecule has 7 nitrogen and oxygen atoms in total. The van der Waals surface area contributed by atoms with Crippen molar-refractivity contribution < 1.29 is 19.4 Å². The molecule has 0 aliphatic carbocycles. The fourth-order valence-corrected chi connectivity index (χ4v) is 2.67. The summed E-state index contributed by atoms with van der Waals surface area (Å²) in [5, 5.41) is 12.6. The van der Waals surface area contributed by atoms with Gasteiger partial charge in [-0.05, 0) is 13.8 Å². The van der Waals surface area contributed by atoms with Crippen molar-refractivity contribution in [1.29, 1.82) is 0 Å². The first kappa shape index (κ1) is 14.7. The number of hydrogen-bond acceptors (Lipinski definition) is 5. The van der Waals surface area contributed by atoms with E-state index < -0.39 is 12.1 Å². The molecule has 0 radical (unpaired) electrons.